The Morgan fingerprint density at radius 1 is 1.04 bits per heavy atom. The van der Waals surface area contributed by atoms with Crippen LogP contribution in [-0.4, -0.2) is 25.0 Å². The fraction of sp³-hybridized carbons (Fsp3) is 0.0588. The molecule has 6 nitrogen and oxygen atoms in total. The summed E-state index contributed by atoms with van der Waals surface area (Å²) < 4.78 is 16.4. The Bertz CT molecular complexity index is 1030. The number of hydrogen-bond donors (Lipinski definition) is 1. The predicted octanol–water partition coefficient (Wildman–Crippen LogP) is 3.91. The smallest absolute Gasteiger partial charge is 0.184 e. The van der Waals surface area contributed by atoms with Crippen molar-refractivity contribution in [3.8, 4) is 0 Å². The zero-order valence-corrected chi connectivity index (χ0v) is 14.5. The van der Waals surface area contributed by atoms with Crippen molar-refractivity contribution in [1.82, 2.24) is 25.0 Å². The molecule has 0 spiro atoms. The summed E-state index contributed by atoms with van der Waals surface area (Å²) in [4.78, 5) is 8.48. The van der Waals surface area contributed by atoms with Crippen LogP contribution in [0.25, 0.3) is 11.2 Å². The van der Waals surface area contributed by atoms with E-state index in [-0.39, 0.29) is 12.4 Å². The molecule has 2 aromatic heterocycles. The van der Waals surface area contributed by atoms with Gasteiger partial charge in [0.05, 0.1) is 6.54 Å². The molecule has 8 heteroatoms. The van der Waals surface area contributed by atoms with E-state index in [1.807, 2.05) is 24.3 Å². The Labute approximate surface area is 150 Å². The minimum atomic E-state index is -0.284. The van der Waals surface area contributed by atoms with Crippen molar-refractivity contribution in [2.75, 3.05) is 5.32 Å². The molecule has 0 aliphatic carbocycles. The minimum Gasteiger partial charge on any atom is -0.338 e. The van der Waals surface area contributed by atoms with Gasteiger partial charge in [0.25, 0.3) is 0 Å². The van der Waals surface area contributed by atoms with Gasteiger partial charge in [-0.15, -0.1) is 5.10 Å². The molecule has 0 unspecified atom stereocenters. The van der Waals surface area contributed by atoms with Crippen molar-refractivity contribution in [3.63, 3.8) is 0 Å². The van der Waals surface area contributed by atoms with E-state index >= 15 is 0 Å². The molecule has 0 saturated carbocycles. The summed E-state index contributed by atoms with van der Waals surface area (Å²) >= 11 is 3.40. The average molecular weight is 399 g/mol. The topological polar surface area (TPSA) is 68.5 Å². The Morgan fingerprint density at radius 2 is 1.84 bits per heavy atom. The van der Waals surface area contributed by atoms with E-state index in [0.717, 1.165) is 10.2 Å². The molecule has 4 rings (SSSR count). The number of fused-ring (bicyclic) bond motifs is 1. The fourth-order valence-electron chi connectivity index (χ4n) is 2.45. The van der Waals surface area contributed by atoms with Crippen LogP contribution in [0, 0.1) is 5.82 Å². The maximum absolute atomic E-state index is 13.9. The minimum absolute atomic E-state index is 0.248. The third kappa shape index (κ3) is 3.20. The van der Waals surface area contributed by atoms with Crippen molar-refractivity contribution in [2.45, 2.75) is 6.54 Å². The zero-order chi connectivity index (χ0) is 17.2. The first-order valence-electron chi connectivity index (χ1n) is 7.51. The number of nitrogens with one attached hydrogen (secondary N) is 1. The molecule has 0 fully saturated rings. The molecular weight excluding hydrogens is 387 g/mol. The zero-order valence-electron chi connectivity index (χ0n) is 12.9. The SMILES string of the molecule is Fc1ccccc1Cn1nnc2c(Nc3ccc(Br)cc3)ncnc21. The summed E-state index contributed by atoms with van der Waals surface area (Å²) in [6.07, 6.45) is 1.44. The van der Waals surface area contributed by atoms with Crippen LogP contribution in [0.1, 0.15) is 5.56 Å². The van der Waals surface area contributed by atoms with Gasteiger partial charge in [-0.2, -0.15) is 0 Å². The first-order chi connectivity index (χ1) is 12.2. The van der Waals surface area contributed by atoms with Crippen molar-refractivity contribution in [1.29, 1.82) is 0 Å². The van der Waals surface area contributed by atoms with Crippen LogP contribution >= 0.6 is 15.9 Å². The second-order valence-corrected chi connectivity index (χ2v) is 6.28. The summed E-state index contributed by atoms with van der Waals surface area (Å²) in [6, 6.07) is 14.3. The molecule has 25 heavy (non-hydrogen) atoms. The number of nitrogens with zero attached hydrogens (tertiary/aromatic N) is 5. The molecule has 4 aromatic rings. The van der Waals surface area contributed by atoms with Crippen LogP contribution in [0.2, 0.25) is 0 Å². The monoisotopic (exact) mass is 398 g/mol. The number of halogens is 2. The lowest BCUT2D eigenvalue weighted by atomic mass is 10.2. The van der Waals surface area contributed by atoms with Gasteiger partial charge in [0.1, 0.15) is 12.1 Å². The molecule has 0 atom stereocenters. The Hall–Kier alpha value is -2.87. The summed E-state index contributed by atoms with van der Waals surface area (Å²) in [7, 11) is 0. The van der Waals surface area contributed by atoms with Crippen LogP contribution in [0.3, 0.4) is 0 Å². The number of hydrogen-bond acceptors (Lipinski definition) is 5. The maximum Gasteiger partial charge on any atom is 0.184 e. The van der Waals surface area contributed by atoms with E-state index in [9.17, 15) is 4.39 Å². The number of rotatable bonds is 4. The quantitative estimate of drug-likeness (QED) is 0.564. The Kier molecular flexibility index (Phi) is 4.10. The van der Waals surface area contributed by atoms with Crippen LogP contribution in [0.4, 0.5) is 15.9 Å². The molecule has 124 valence electrons. The third-order valence-electron chi connectivity index (χ3n) is 3.69. The van der Waals surface area contributed by atoms with E-state index in [0.29, 0.717) is 22.5 Å². The number of benzene rings is 2. The molecule has 2 aromatic carbocycles. The van der Waals surface area contributed by atoms with Crippen LogP contribution in [0.5, 0.6) is 0 Å². The second kappa shape index (κ2) is 6.56. The Balaban J connectivity index is 1.68. The highest BCUT2D eigenvalue weighted by molar-refractivity contribution is 9.10. The normalized spacial score (nSPS) is 11.0. The second-order valence-electron chi connectivity index (χ2n) is 5.36. The molecule has 0 aliphatic heterocycles. The van der Waals surface area contributed by atoms with E-state index < -0.39 is 0 Å². The molecule has 1 N–H and O–H groups in total. The van der Waals surface area contributed by atoms with E-state index in [1.165, 1.54) is 12.4 Å². The lowest BCUT2D eigenvalue weighted by Gasteiger charge is -2.06. The third-order valence-corrected chi connectivity index (χ3v) is 4.21. The summed E-state index contributed by atoms with van der Waals surface area (Å²) in [6.45, 7) is 0.248. The van der Waals surface area contributed by atoms with Crippen molar-refractivity contribution in [3.05, 3.63) is 70.7 Å². The highest BCUT2D eigenvalue weighted by Crippen LogP contribution is 2.22. The summed E-state index contributed by atoms with van der Waals surface area (Å²) in [5.41, 5.74) is 2.46. The highest BCUT2D eigenvalue weighted by atomic mass is 79.9. The first-order valence-corrected chi connectivity index (χ1v) is 8.30. The van der Waals surface area contributed by atoms with Gasteiger partial charge in [0.15, 0.2) is 17.0 Å². The Morgan fingerprint density at radius 3 is 2.64 bits per heavy atom. The van der Waals surface area contributed by atoms with Gasteiger partial charge in [-0.3, -0.25) is 0 Å². The fourth-order valence-corrected chi connectivity index (χ4v) is 2.71. The molecule has 0 saturated heterocycles. The van der Waals surface area contributed by atoms with Gasteiger partial charge < -0.3 is 5.32 Å². The molecule has 0 bridgehead atoms. The summed E-state index contributed by atoms with van der Waals surface area (Å²) in [5.74, 6) is 0.264. The lowest BCUT2D eigenvalue weighted by Crippen LogP contribution is -2.05. The van der Waals surface area contributed by atoms with Gasteiger partial charge in [-0.25, -0.2) is 19.0 Å². The van der Waals surface area contributed by atoms with Crippen LogP contribution < -0.4 is 5.32 Å². The van der Waals surface area contributed by atoms with Crippen LogP contribution in [0.15, 0.2) is 59.3 Å². The van der Waals surface area contributed by atoms with Gasteiger partial charge in [0, 0.05) is 15.7 Å². The molecule has 0 radical (unpaired) electrons. The van der Waals surface area contributed by atoms with Crippen molar-refractivity contribution < 1.29 is 4.39 Å². The predicted molar refractivity (Wildman–Crippen MR) is 96.0 cm³/mol. The molecule has 0 aliphatic rings. The van der Waals surface area contributed by atoms with Gasteiger partial charge in [-0.05, 0) is 30.3 Å². The average Bonchev–Trinajstić information content (AvgIpc) is 3.03. The molecular formula is C17H12BrFN6. The standard InChI is InChI=1S/C17H12BrFN6/c18-12-5-7-13(8-6-12)22-16-15-17(21-10-20-16)25(24-23-15)9-11-3-1-2-4-14(11)19/h1-8,10H,9H2,(H,20,21,22). The largest absolute Gasteiger partial charge is 0.338 e. The van der Waals surface area contributed by atoms with Gasteiger partial charge >= 0.3 is 0 Å². The summed E-state index contributed by atoms with van der Waals surface area (Å²) in [5, 5.41) is 11.5. The number of aromatic nitrogens is 5. The molecule has 2 heterocycles. The van der Waals surface area contributed by atoms with E-state index in [4.69, 9.17) is 0 Å². The maximum atomic E-state index is 13.9. The van der Waals surface area contributed by atoms with Gasteiger partial charge in [-0.1, -0.05) is 39.3 Å². The van der Waals surface area contributed by atoms with Gasteiger partial charge in [0.2, 0.25) is 0 Å². The van der Waals surface area contributed by atoms with E-state index in [2.05, 4.69) is 41.5 Å². The van der Waals surface area contributed by atoms with Crippen LogP contribution in [-0.2, 0) is 6.54 Å². The lowest BCUT2D eigenvalue weighted by molar-refractivity contribution is 0.582. The molecule has 0 amide bonds. The van der Waals surface area contributed by atoms with Crippen molar-refractivity contribution >= 4 is 38.6 Å². The van der Waals surface area contributed by atoms with E-state index in [1.54, 1.807) is 22.9 Å². The first kappa shape index (κ1) is 15.6. The van der Waals surface area contributed by atoms with Crippen molar-refractivity contribution in [2.24, 2.45) is 0 Å². The number of anilines is 2. The highest BCUT2D eigenvalue weighted by Gasteiger charge is 2.13.